The maximum atomic E-state index is 13.6. The molecule has 12 heteroatoms. The van der Waals surface area contributed by atoms with E-state index in [0.717, 1.165) is 22.6 Å². The molecule has 0 saturated heterocycles. The van der Waals surface area contributed by atoms with Crippen LogP contribution < -0.4 is 15.6 Å². The number of hydrogen-bond acceptors (Lipinski definition) is 9. The Balaban J connectivity index is 1.45. The number of nitrogens with zero attached hydrogens (tertiary/aromatic N) is 5. The van der Waals surface area contributed by atoms with Crippen molar-refractivity contribution < 1.29 is 23.9 Å². The molecule has 218 valence electrons. The third kappa shape index (κ3) is 7.68. The van der Waals surface area contributed by atoms with E-state index in [1.54, 1.807) is 50.4 Å². The van der Waals surface area contributed by atoms with Gasteiger partial charge in [-0.2, -0.15) is 5.10 Å². The van der Waals surface area contributed by atoms with E-state index in [1.165, 1.54) is 11.1 Å². The zero-order chi connectivity index (χ0) is 29.9. The van der Waals surface area contributed by atoms with E-state index in [0.29, 0.717) is 23.4 Å². The topological polar surface area (TPSA) is 140 Å². The molecular weight excluding hydrogens is 538 g/mol. The number of carbonyl (C=O) groups excluding carboxylic acids is 3. The smallest absolute Gasteiger partial charge is 0.427 e. The van der Waals surface area contributed by atoms with Gasteiger partial charge in [0.2, 0.25) is 0 Å². The molecule has 2 aromatic heterocycles. The van der Waals surface area contributed by atoms with Gasteiger partial charge in [-0.05, 0) is 61.9 Å². The Hall–Kier alpha value is -5.26. The van der Waals surface area contributed by atoms with Crippen LogP contribution in [0.2, 0.25) is 0 Å². The van der Waals surface area contributed by atoms with E-state index in [1.807, 2.05) is 41.9 Å². The number of aryl methyl sites for hydroxylation is 1. The minimum absolute atomic E-state index is 0.0517. The lowest BCUT2D eigenvalue weighted by molar-refractivity contribution is -0.142. The van der Waals surface area contributed by atoms with E-state index >= 15 is 0 Å². The third-order valence-corrected chi connectivity index (χ3v) is 6.24. The second kappa shape index (κ2) is 14.4. The minimum Gasteiger partial charge on any atom is -0.466 e. The molecule has 4 rings (SSSR count). The second-order valence-corrected chi connectivity index (χ2v) is 9.06. The van der Waals surface area contributed by atoms with Crippen LogP contribution in [0.1, 0.15) is 42.0 Å². The molecule has 42 heavy (non-hydrogen) atoms. The first-order chi connectivity index (χ1) is 20.4. The SMILES string of the molecule is CCOC(=O)CCN(C(=O)c1ccc2c(c1)nc(CNc1ccc(C=NNC(=O)OCC)cc1)n2C)c1ccccn1. The molecule has 2 N–H and O–H groups in total. The van der Waals surface area contributed by atoms with Gasteiger partial charge in [0.15, 0.2) is 0 Å². The number of hydrogen-bond donors (Lipinski definition) is 2. The van der Waals surface area contributed by atoms with Crippen LogP contribution in [-0.4, -0.2) is 58.5 Å². The molecule has 0 unspecified atom stereocenters. The van der Waals surface area contributed by atoms with Crippen molar-refractivity contribution in [2.24, 2.45) is 12.1 Å². The fourth-order valence-corrected chi connectivity index (χ4v) is 4.16. The molecule has 12 nitrogen and oxygen atoms in total. The molecule has 2 amide bonds. The number of fused-ring (bicyclic) bond motifs is 1. The van der Waals surface area contributed by atoms with Crippen LogP contribution in [0.15, 0.2) is 72.0 Å². The third-order valence-electron chi connectivity index (χ3n) is 6.24. The predicted molar refractivity (Wildman–Crippen MR) is 159 cm³/mol. The summed E-state index contributed by atoms with van der Waals surface area (Å²) in [4.78, 5) is 47.4. The van der Waals surface area contributed by atoms with E-state index < -0.39 is 6.09 Å². The lowest BCUT2D eigenvalue weighted by Gasteiger charge is -2.21. The first-order valence-corrected chi connectivity index (χ1v) is 13.5. The molecule has 0 aliphatic heterocycles. The number of anilines is 2. The van der Waals surface area contributed by atoms with Crippen molar-refractivity contribution in [2.45, 2.75) is 26.8 Å². The molecule has 2 heterocycles. The molecule has 0 aliphatic carbocycles. The molecule has 0 fully saturated rings. The fraction of sp³-hybridized carbons (Fsp3) is 0.267. The average molecular weight is 572 g/mol. The molecule has 0 radical (unpaired) electrons. The van der Waals surface area contributed by atoms with Gasteiger partial charge in [0.25, 0.3) is 5.91 Å². The van der Waals surface area contributed by atoms with Crippen molar-refractivity contribution in [2.75, 3.05) is 30.0 Å². The number of pyridine rings is 1. The summed E-state index contributed by atoms with van der Waals surface area (Å²) in [5.74, 6) is 0.566. The zero-order valence-electron chi connectivity index (χ0n) is 23.7. The van der Waals surface area contributed by atoms with Crippen molar-refractivity contribution in [3.05, 3.63) is 83.8 Å². The van der Waals surface area contributed by atoms with Crippen molar-refractivity contribution in [3.63, 3.8) is 0 Å². The van der Waals surface area contributed by atoms with Gasteiger partial charge in [0.05, 0.1) is 43.4 Å². The van der Waals surface area contributed by atoms with Crippen molar-refractivity contribution >= 4 is 46.7 Å². The van der Waals surface area contributed by atoms with Crippen LogP contribution >= 0.6 is 0 Å². The minimum atomic E-state index is -0.606. The van der Waals surface area contributed by atoms with Gasteiger partial charge in [-0.1, -0.05) is 18.2 Å². The molecule has 4 aromatic rings. The maximum Gasteiger partial charge on any atom is 0.427 e. The molecular formula is C30H33N7O5. The van der Waals surface area contributed by atoms with Crippen LogP contribution in [0.3, 0.4) is 0 Å². The quantitative estimate of drug-likeness (QED) is 0.146. The highest BCUT2D eigenvalue weighted by atomic mass is 16.5. The number of hydrazone groups is 1. The van der Waals surface area contributed by atoms with E-state index in [-0.39, 0.29) is 38.1 Å². The first-order valence-electron chi connectivity index (χ1n) is 13.5. The normalized spacial score (nSPS) is 10.9. The highest BCUT2D eigenvalue weighted by molar-refractivity contribution is 6.07. The number of carbonyl (C=O) groups is 3. The molecule has 0 saturated carbocycles. The van der Waals surface area contributed by atoms with E-state index in [4.69, 9.17) is 14.5 Å². The summed E-state index contributed by atoms with van der Waals surface area (Å²) in [5, 5.41) is 7.21. The monoisotopic (exact) mass is 571 g/mol. The van der Waals surface area contributed by atoms with Gasteiger partial charge in [-0.15, -0.1) is 0 Å². The first kappa shape index (κ1) is 29.7. The number of aromatic nitrogens is 3. The average Bonchev–Trinajstić information content (AvgIpc) is 3.32. The number of ether oxygens (including phenoxy) is 2. The molecule has 0 aliphatic rings. The summed E-state index contributed by atoms with van der Waals surface area (Å²) in [6, 6.07) is 18.2. The number of esters is 1. The van der Waals surface area contributed by atoms with Crippen LogP contribution in [0, 0.1) is 0 Å². The Bertz CT molecular complexity index is 1550. The Morgan fingerprint density at radius 1 is 1.02 bits per heavy atom. The molecule has 2 aromatic carbocycles. The van der Waals surface area contributed by atoms with E-state index in [2.05, 4.69) is 20.8 Å². The van der Waals surface area contributed by atoms with Crippen molar-refractivity contribution in [3.8, 4) is 0 Å². The van der Waals surface area contributed by atoms with Gasteiger partial charge >= 0.3 is 12.1 Å². The van der Waals surface area contributed by atoms with Crippen LogP contribution in [0.4, 0.5) is 16.3 Å². The number of rotatable bonds is 12. The van der Waals surface area contributed by atoms with Crippen molar-refractivity contribution in [1.29, 1.82) is 0 Å². The Kier molecular flexibility index (Phi) is 10.2. The fourth-order valence-electron chi connectivity index (χ4n) is 4.16. The largest absolute Gasteiger partial charge is 0.466 e. The number of nitrogens with one attached hydrogen (secondary N) is 2. The number of imidazole rings is 1. The summed E-state index contributed by atoms with van der Waals surface area (Å²) in [5.41, 5.74) is 5.95. The zero-order valence-corrected chi connectivity index (χ0v) is 23.7. The van der Waals surface area contributed by atoms with Crippen LogP contribution in [0.25, 0.3) is 11.0 Å². The van der Waals surface area contributed by atoms with Gasteiger partial charge in [0, 0.05) is 31.0 Å². The summed E-state index contributed by atoms with van der Waals surface area (Å²) in [7, 11) is 1.92. The summed E-state index contributed by atoms with van der Waals surface area (Å²) in [6.07, 6.45) is 2.57. The van der Waals surface area contributed by atoms with Gasteiger partial charge < -0.3 is 19.4 Å². The number of amides is 2. The van der Waals surface area contributed by atoms with Gasteiger partial charge in [-0.25, -0.2) is 20.2 Å². The highest BCUT2D eigenvalue weighted by Crippen LogP contribution is 2.21. The summed E-state index contributed by atoms with van der Waals surface area (Å²) in [6.45, 7) is 4.60. The molecule has 0 bridgehead atoms. The Morgan fingerprint density at radius 3 is 2.52 bits per heavy atom. The van der Waals surface area contributed by atoms with Crippen LogP contribution in [0.5, 0.6) is 0 Å². The van der Waals surface area contributed by atoms with Crippen LogP contribution in [-0.2, 0) is 27.9 Å². The highest BCUT2D eigenvalue weighted by Gasteiger charge is 2.21. The predicted octanol–water partition coefficient (Wildman–Crippen LogP) is 4.26. The molecule has 0 atom stereocenters. The maximum absolute atomic E-state index is 13.6. The second-order valence-electron chi connectivity index (χ2n) is 9.06. The van der Waals surface area contributed by atoms with Gasteiger partial charge in [0.1, 0.15) is 11.6 Å². The molecule has 0 spiro atoms. The Labute approximate surface area is 243 Å². The standard InChI is InChI=1S/C30H33N7O5/c1-4-41-28(38)15-17-37(26-8-6-7-16-31-26)29(39)22-11-14-25-24(18-22)34-27(36(25)3)20-32-23-12-9-21(10-13-23)19-33-35-30(40)42-5-2/h6-14,16,18-19,32H,4-5,15,17,20H2,1-3H3,(H,35,40). The summed E-state index contributed by atoms with van der Waals surface area (Å²) < 4.78 is 11.8. The number of benzene rings is 2. The lowest BCUT2D eigenvalue weighted by Crippen LogP contribution is -2.34. The Morgan fingerprint density at radius 2 is 1.81 bits per heavy atom. The lowest BCUT2D eigenvalue weighted by atomic mass is 10.1. The summed E-state index contributed by atoms with van der Waals surface area (Å²) >= 11 is 0. The van der Waals surface area contributed by atoms with E-state index in [9.17, 15) is 14.4 Å². The van der Waals surface area contributed by atoms with Gasteiger partial charge in [-0.3, -0.25) is 14.5 Å². The van der Waals surface area contributed by atoms with Crippen molar-refractivity contribution in [1.82, 2.24) is 20.0 Å².